The number of hydrogen-bond donors (Lipinski definition) is 2. The topological polar surface area (TPSA) is 74.6 Å². The number of likely N-dealkylation sites (N-methyl/N-ethyl adjacent to an activating group) is 1. The SMILES string of the molecule is Cc1cc(C)n(-c2ccccc2CN=C(NCC(=O)N(C)C)NC(C)c2ccccc2)n1.I. The highest BCUT2D eigenvalue weighted by molar-refractivity contribution is 14.0. The summed E-state index contributed by atoms with van der Waals surface area (Å²) in [6.45, 7) is 6.72. The van der Waals surface area contributed by atoms with Crippen molar-refractivity contribution in [2.24, 2.45) is 4.99 Å². The van der Waals surface area contributed by atoms with Crippen LogP contribution in [0.5, 0.6) is 0 Å². The molecule has 1 heterocycles. The number of aryl methyl sites for hydroxylation is 2. The van der Waals surface area contributed by atoms with Gasteiger partial charge in [-0.1, -0.05) is 48.5 Å². The van der Waals surface area contributed by atoms with E-state index >= 15 is 0 Å². The Labute approximate surface area is 213 Å². The molecular formula is C25H33IN6O. The molecule has 0 fully saturated rings. The fraction of sp³-hybridized carbons (Fsp3) is 0.320. The first-order chi connectivity index (χ1) is 15.3. The molecule has 176 valence electrons. The molecule has 3 aromatic rings. The van der Waals surface area contributed by atoms with Crippen molar-refractivity contribution in [2.75, 3.05) is 20.6 Å². The second-order valence-corrected chi connectivity index (χ2v) is 8.05. The van der Waals surface area contributed by atoms with Gasteiger partial charge in [-0.05, 0) is 44.0 Å². The molecule has 33 heavy (non-hydrogen) atoms. The Balaban J connectivity index is 0.00000385. The molecule has 0 aliphatic carbocycles. The number of carbonyl (C=O) groups is 1. The van der Waals surface area contributed by atoms with E-state index in [1.165, 1.54) is 0 Å². The third-order valence-corrected chi connectivity index (χ3v) is 5.20. The lowest BCUT2D eigenvalue weighted by molar-refractivity contribution is -0.127. The summed E-state index contributed by atoms with van der Waals surface area (Å²) in [6, 6.07) is 20.4. The Bertz CT molecular complexity index is 1080. The fourth-order valence-electron chi connectivity index (χ4n) is 3.39. The number of aliphatic imine (C=N–C) groups is 1. The van der Waals surface area contributed by atoms with Crippen molar-refractivity contribution in [2.45, 2.75) is 33.4 Å². The summed E-state index contributed by atoms with van der Waals surface area (Å²) in [5.74, 6) is 0.564. The molecule has 2 aromatic carbocycles. The van der Waals surface area contributed by atoms with E-state index in [0.717, 1.165) is 28.2 Å². The summed E-state index contributed by atoms with van der Waals surface area (Å²) >= 11 is 0. The molecule has 0 bridgehead atoms. The highest BCUT2D eigenvalue weighted by Gasteiger charge is 2.12. The van der Waals surface area contributed by atoms with Gasteiger partial charge in [0.05, 0.1) is 30.5 Å². The van der Waals surface area contributed by atoms with Gasteiger partial charge in [0.1, 0.15) is 0 Å². The van der Waals surface area contributed by atoms with E-state index < -0.39 is 0 Å². The van der Waals surface area contributed by atoms with Gasteiger partial charge >= 0.3 is 0 Å². The molecule has 2 N–H and O–H groups in total. The van der Waals surface area contributed by atoms with Gasteiger partial charge in [0.25, 0.3) is 0 Å². The number of nitrogens with zero attached hydrogens (tertiary/aromatic N) is 4. The minimum absolute atomic E-state index is 0. The van der Waals surface area contributed by atoms with Gasteiger partial charge in [-0.15, -0.1) is 24.0 Å². The van der Waals surface area contributed by atoms with Crippen molar-refractivity contribution in [3.8, 4) is 5.69 Å². The zero-order valence-corrected chi connectivity index (χ0v) is 22.2. The average molecular weight is 560 g/mol. The Kier molecular flexibility index (Phi) is 9.90. The number of amides is 1. The molecule has 0 saturated carbocycles. The quantitative estimate of drug-likeness (QED) is 0.261. The maximum absolute atomic E-state index is 12.1. The number of aromatic nitrogens is 2. The van der Waals surface area contributed by atoms with Crippen LogP contribution >= 0.6 is 24.0 Å². The normalized spacial score (nSPS) is 12.0. The summed E-state index contributed by atoms with van der Waals surface area (Å²) in [6.07, 6.45) is 0. The molecule has 0 saturated heterocycles. The van der Waals surface area contributed by atoms with Crippen LogP contribution in [0, 0.1) is 13.8 Å². The second-order valence-electron chi connectivity index (χ2n) is 8.05. The summed E-state index contributed by atoms with van der Waals surface area (Å²) in [5.41, 5.74) is 5.24. The number of rotatable bonds is 7. The number of para-hydroxylation sites is 1. The smallest absolute Gasteiger partial charge is 0.241 e. The van der Waals surface area contributed by atoms with Gasteiger partial charge in [0.15, 0.2) is 5.96 Å². The lowest BCUT2D eigenvalue weighted by Crippen LogP contribution is -2.43. The van der Waals surface area contributed by atoms with E-state index in [1.807, 2.05) is 54.9 Å². The third kappa shape index (κ3) is 7.31. The molecule has 0 aliphatic rings. The largest absolute Gasteiger partial charge is 0.350 e. The van der Waals surface area contributed by atoms with E-state index in [1.54, 1.807) is 19.0 Å². The monoisotopic (exact) mass is 560 g/mol. The Morgan fingerprint density at radius 2 is 1.76 bits per heavy atom. The van der Waals surface area contributed by atoms with Crippen LogP contribution < -0.4 is 10.6 Å². The molecule has 7 nitrogen and oxygen atoms in total. The van der Waals surface area contributed by atoms with Crippen molar-refractivity contribution in [3.05, 3.63) is 83.2 Å². The van der Waals surface area contributed by atoms with Crippen molar-refractivity contribution < 1.29 is 4.79 Å². The lowest BCUT2D eigenvalue weighted by atomic mass is 10.1. The maximum atomic E-state index is 12.1. The number of hydrogen-bond acceptors (Lipinski definition) is 3. The highest BCUT2D eigenvalue weighted by Crippen LogP contribution is 2.18. The molecule has 0 aliphatic heterocycles. The standard InChI is InChI=1S/C25H32N6O.HI/c1-18-15-19(2)31(29-18)23-14-10-9-13-22(23)16-26-25(27-17-24(32)30(4)5)28-20(3)21-11-7-6-8-12-21;/h6-15,20H,16-17H2,1-5H3,(H2,26,27,28);1H. The maximum Gasteiger partial charge on any atom is 0.241 e. The zero-order valence-electron chi connectivity index (χ0n) is 19.9. The van der Waals surface area contributed by atoms with Crippen molar-refractivity contribution >= 4 is 35.8 Å². The van der Waals surface area contributed by atoms with Gasteiger partial charge in [0.2, 0.25) is 5.91 Å². The molecule has 0 radical (unpaired) electrons. The zero-order chi connectivity index (χ0) is 23.1. The molecule has 1 atom stereocenters. The molecule has 1 unspecified atom stereocenters. The predicted octanol–water partition coefficient (Wildman–Crippen LogP) is 3.99. The van der Waals surface area contributed by atoms with Gasteiger partial charge in [0, 0.05) is 19.8 Å². The molecule has 1 amide bonds. The van der Waals surface area contributed by atoms with E-state index in [0.29, 0.717) is 12.5 Å². The minimum atomic E-state index is -0.0186. The van der Waals surface area contributed by atoms with Crippen LogP contribution in [0.1, 0.15) is 35.5 Å². The first-order valence-electron chi connectivity index (χ1n) is 10.8. The van der Waals surface area contributed by atoms with Crippen LogP contribution in [-0.4, -0.2) is 47.2 Å². The van der Waals surface area contributed by atoms with E-state index in [4.69, 9.17) is 4.99 Å². The minimum Gasteiger partial charge on any atom is -0.350 e. The Hall–Kier alpha value is -2.88. The lowest BCUT2D eigenvalue weighted by Gasteiger charge is -2.20. The predicted molar refractivity (Wildman–Crippen MR) is 144 cm³/mol. The van der Waals surface area contributed by atoms with E-state index in [9.17, 15) is 4.79 Å². The number of nitrogens with one attached hydrogen (secondary N) is 2. The first kappa shape index (κ1) is 26.4. The van der Waals surface area contributed by atoms with Crippen LogP contribution in [-0.2, 0) is 11.3 Å². The summed E-state index contributed by atoms with van der Waals surface area (Å²) in [7, 11) is 3.48. The average Bonchev–Trinajstić information content (AvgIpc) is 3.13. The van der Waals surface area contributed by atoms with E-state index in [2.05, 4.69) is 46.9 Å². The number of guanidine groups is 1. The number of carbonyl (C=O) groups excluding carboxylic acids is 1. The van der Waals surface area contributed by atoms with Gasteiger partial charge < -0.3 is 15.5 Å². The van der Waals surface area contributed by atoms with Crippen LogP contribution in [0.3, 0.4) is 0 Å². The third-order valence-electron chi connectivity index (χ3n) is 5.20. The molecule has 1 aromatic heterocycles. The van der Waals surface area contributed by atoms with Crippen molar-refractivity contribution in [1.82, 2.24) is 25.3 Å². The highest BCUT2D eigenvalue weighted by atomic mass is 127. The molecule has 0 spiro atoms. The van der Waals surface area contributed by atoms with Crippen molar-refractivity contribution in [3.63, 3.8) is 0 Å². The van der Waals surface area contributed by atoms with Crippen LogP contribution in [0.4, 0.5) is 0 Å². The fourth-order valence-corrected chi connectivity index (χ4v) is 3.39. The van der Waals surface area contributed by atoms with Crippen molar-refractivity contribution in [1.29, 1.82) is 0 Å². The van der Waals surface area contributed by atoms with Gasteiger partial charge in [-0.2, -0.15) is 5.10 Å². The Morgan fingerprint density at radius 1 is 1.09 bits per heavy atom. The Morgan fingerprint density at radius 3 is 2.39 bits per heavy atom. The van der Waals surface area contributed by atoms with Gasteiger partial charge in [-0.25, -0.2) is 9.67 Å². The van der Waals surface area contributed by atoms with Crippen LogP contribution in [0.25, 0.3) is 5.69 Å². The molecular weight excluding hydrogens is 527 g/mol. The van der Waals surface area contributed by atoms with Crippen LogP contribution in [0.15, 0.2) is 65.7 Å². The molecule has 8 heteroatoms. The summed E-state index contributed by atoms with van der Waals surface area (Å²) in [5, 5.41) is 11.2. The second kappa shape index (κ2) is 12.4. The van der Waals surface area contributed by atoms with E-state index in [-0.39, 0.29) is 42.5 Å². The molecule has 3 rings (SSSR count). The first-order valence-corrected chi connectivity index (χ1v) is 10.8. The number of benzene rings is 2. The van der Waals surface area contributed by atoms with Crippen LogP contribution in [0.2, 0.25) is 0 Å². The number of halogens is 1. The summed E-state index contributed by atoms with van der Waals surface area (Å²) < 4.78 is 1.95. The summed E-state index contributed by atoms with van der Waals surface area (Å²) in [4.78, 5) is 18.5. The van der Waals surface area contributed by atoms with Gasteiger partial charge in [-0.3, -0.25) is 4.79 Å².